The van der Waals surface area contributed by atoms with E-state index in [0.717, 1.165) is 0 Å². The number of nitrogens with zero attached hydrogens (tertiary/aromatic N) is 1. The van der Waals surface area contributed by atoms with Gasteiger partial charge < -0.3 is 9.38 Å². The number of likely N-dealkylation sites (N-methyl/N-ethyl adjacent to an activating group) is 1. The topological polar surface area (TPSA) is 58.6 Å². The van der Waals surface area contributed by atoms with E-state index in [9.17, 15) is 9.69 Å². The van der Waals surface area contributed by atoms with Crippen molar-refractivity contribution in [3.8, 4) is 0 Å². The van der Waals surface area contributed by atoms with Crippen molar-refractivity contribution in [1.82, 2.24) is 0 Å². The van der Waals surface area contributed by atoms with Crippen LogP contribution in [0.15, 0.2) is 12.2 Å². The van der Waals surface area contributed by atoms with E-state index in [4.69, 9.17) is 4.89 Å². The summed E-state index contributed by atoms with van der Waals surface area (Å²) < 4.78 is 0.543. The summed E-state index contributed by atoms with van der Waals surface area (Å²) in [6.45, 7) is 7.16. The smallest absolute Gasteiger partial charge is 0.368 e. The highest BCUT2D eigenvalue weighted by Gasteiger charge is 2.22. The Hall–Kier alpha value is -0.740. The predicted octanol–water partition coefficient (Wildman–Crippen LogP) is 0.650. The number of carbonyl (C=O) groups excluding carboxylic acids is 1. The normalized spacial score (nSPS) is 13.1. The molecule has 0 radical (unpaired) electrons. The molecule has 1 unspecified atom stereocenters. The molecule has 0 N–H and O–H groups in total. The van der Waals surface area contributed by atoms with Gasteiger partial charge in [0.2, 0.25) is 0 Å². The van der Waals surface area contributed by atoms with E-state index in [-0.39, 0.29) is 5.57 Å². The van der Waals surface area contributed by atoms with Gasteiger partial charge in [-0.25, -0.2) is 4.79 Å². The van der Waals surface area contributed by atoms with Gasteiger partial charge >= 0.3 is 11.4 Å². The second kappa shape index (κ2) is 6.87. The van der Waals surface area contributed by atoms with Crippen LogP contribution in [0.2, 0.25) is 0 Å². The summed E-state index contributed by atoms with van der Waals surface area (Å²) in [6, 6.07) is 0. The van der Waals surface area contributed by atoms with Crippen LogP contribution in [-0.2, 0) is 14.6 Å². The fourth-order valence-corrected chi connectivity index (χ4v) is 1.94. The van der Waals surface area contributed by atoms with Crippen LogP contribution in [0.3, 0.4) is 0 Å². The van der Waals surface area contributed by atoms with E-state index >= 15 is 0 Å². The Morgan fingerprint density at radius 1 is 1.35 bits per heavy atom. The van der Waals surface area contributed by atoms with Gasteiger partial charge in [0.05, 0.1) is 28.9 Å². The Balaban J connectivity index is 4.64. The maximum Gasteiger partial charge on any atom is 0.368 e. The Bertz CT molecular complexity index is 331. The molecule has 0 aromatic carbocycles. The van der Waals surface area contributed by atoms with Crippen LogP contribution in [0.1, 0.15) is 13.8 Å². The summed E-state index contributed by atoms with van der Waals surface area (Å²) in [4.78, 5) is 32.4. The molecule has 0 saturated carbocycles. The number of quaternary nitrogens is 1. The highest BCUT2D eigenvalue weighted by Crippen LogP contribution is 2.15. The average Bonchev–Trinajstić information content (AvgIpc) is 2.20. The highest BCUT2D eigenvalue weighted by atomic mass is 31.1. The van der Waals surface area contributed by atoms with Crippen molar-refractivity contribution in [2.75, 3.05) is 33.8 Å². The summed E-state index contributed by atoms with van der Waals surface area (Å²) in [7, 11) is 4.17. The third-order valence-corrected chi connectivity index (χ3v) is 3.08. The van der Waals surface area contributed by atoms with Crippen molar-refractivity contribution in [3.63, 3.8) is 0 Å². The predicted molar refractivity (Wildman–Crippen MR) is 67.4 cm³/mol. The molecule has 0 aliphatic rings. The largest absolute Gasteiger partial charge is 0.628 e. The first-order valence-electron chi connectivity index (χ1n) is 5.32. The van der Waals surface area contributed by atoms with Crippen molar-refractivity contribution in [2.24, 2.45) is 0 Å². The quantitative estimate of drug-likeness (QED) is 0.232. The summed E-state index contributed by atoms with van der Waals surface area (Å²) >= 11 is 0. The fourth-order valence-electron chi connectivity index (χ4n) is 0.886. The molecule has 5 nitrogen and oxygen atoms in total. The van der Waals surface area contributed by atoms with Crippen LogP contribution in [0.4, 0.5) is 0 Å². The Labute approximate surface area is 104 Å². The lowest BCUT2D eigenvalue weighted by Crippen LogP contribution is -2.40. The lowest BCUT2D eigenvalue weighted by molar-refractivity contribution is -0.861. The third-order valence-electron chi connectivity index (χ3n) is 1.74. The zero-order chi connectivity index (χ0) is 13.6. The van der Waals surface area contributed by atoms with Crippen LogP contribution < -0.4 is 4.89 Å². The summed E-state index contributed by atoms with van der Waals surface area (Å²) in [5.74, 6) is -0.650. The van der Waals surface area contributed by atoms with E-state index < -0.39 is 13.7 Å². The highest BCUT2D eigenvalue weighted by molar-refractivity contribution is 7.51. The molecule has 0 aliphatic heterocycles. The van der Waals surface area contributed by atoms with E-state index in [2.05, 4.69) is 11.5 Å². The first-order valence-corrected chi connectivity index (χ1v) is 6.77. The molecule has 6 heteroatoms. The monoisotopic (exact) mass is 262 g/mol. The maximum atomic E-state index is 11.7. The minimum Gasteiger partial charge on any atom is -0.628 e. The molecular weight excluding hydrogens is 241 g/mol. The molecule has 0 aromatic heterocycles. The second-order valence-corrected chi connectivity index (χ2v) is 6.66. The average molecular weight is 262 g/mol. The Kier molecular flexibility index (Phi) is 6.57. The number of hydrogen-bond donors (Lipinski definition) is 0. The van der Waals surface area contributed by atoms with Crippen molar-refractivity contribution >= 4 is 19.2 Å². The number of carbonyl (C=O) groups is 1. The molecule has 0 bridgehead atoms. The molecule has 0 spiro atoms. The minimum absolute atomic E-state index is 0.237. The van der Waals surface area contributed by atoms with E-state index in [1.807, 2.05) is 21.1 Å². The van der Waals surface area contributed by atoms with Gasteiger partial charge in [-0.15, -0.1) is 0 Å². The molecular formula is C11H21NO4P+. The van der Waals surface area contributed by atoms with Crippen molar-refractivity contribution in [3.05, 3.63) is 12.2 Å². The molecule has 0 saturated heterocycles. The SMILES string of the molecule is C=C(C)C(=O)OO/C(C[N+](C)(C)C)=[P+](\[O-])CC. The molecule has 17 heavy (non-hydrogen) atoms. The standard InChI is InChI=1S/C11H21NO4P/c1-7-17(14)10(8-12(4,5)6)15-16-11(13)9(2)3/h2,7-8H2,1,3-6H3/q+1. The minimum atomic E-state index is -1.63. The van der Waals surface area contributed by atoms with Crippen molar-refractivity contribution in [2.45, 2.75) is 13.8 Å². The van der Waals surface area contributed by atoms with E-state index in [0.29, 0.717) is 22.7 Å². The molecule has 0 fully saturated rings. The molecule has 0 amide bonds. The molecule has 0 aliphatic carbocycles. The molecule has 0 heterocycles. The van der Waals surface area contributed by atoms with Crippen LogP contribution in [-0.4, -0.2) is 49.8 Å². The fraction of sp³-hybridized carbons (Fsp3) is 0.636. The summed E-state index contributed by atoms with van der Waals surface area (Å²) in [5.41, 5.74) is 0.533. The van der Waals surface area contributed by atoms with Gasteiger partial charge in [0.25, 0.3) is 0 Å². The number of hydrogen-bond acceptors (Lipinski definition) is 4. The van der Waals surface area contributed by atoms with Crippen LogP contribution in [0.25, 0.3) is 0 Å². The van der Waals surface area contributed by atoms with Gasteiger partial charge in [-0.05, 0) is 13.8 Å². The van der Waals surface area contributed by atoms with Gasteiger partial charge in [-0.3, -0.25) is 4.89 Å². The molecule has 0 rings (SSSR count). The van der Waals surface area contributed by atoms with Crippen molar-refractivity contribution < 1.29 is 23.9 Å². The van der Waals surface area contributed by atoms with Crippen LogP contribution in [0, 0.1) is 0 Å². The second-order valence-electron chi connectivity index (χ2n) is 4.77. The molecule has 98 valence electrons. The van der Waals surface area contributed by atoms with Crippen LogP contribution >= 0.6 is 7.77 Å². The van der Waals surface area contributed by atoms with Gasteiger partial charge in [0.15, 0.2) is 6.54 Å². The lowest BCUT2D eigenvalue weighted by atomic mass is 10.4. The van der Waals surface area contributed by atoms with Crippen LogP contribution in [0.5, 0.6) is 0 Å². The first-order chi connectivity index (χ1) is 7.67. The Morgan fingerprint density at radius 3 is 2.24 bits per heavy atom. The van der Waals surface area contributed by atoms with Gasteiger partial charge in [-0.1, -0.05) is 11.5 Å². The first kappa shape index (κ1) is 16.3. The van der Waals surface area contributed by atoms with E-state index in [1.165, 1.54) is 6.92 Å². The zero-order valence-corrected chi connectivity index (χ0v) is 12.0. The summed E-state index contributed by atoms with van der Waals surface area (Å²) in [5, 5.41) is 0. The molecule has 0 aromatic rings. The maximum absolute atomic E-state index is 11.7. The Morgan fingerprint density at radius 2 is 1.88 bits per heavy atom. The van der Waals surface area contributed by atoms with Gasteiger partial charge in [0.1, 0.15) is 6.16 Å². The van der Waals surface area contributed by atoms with Gasteiger partial charge in [0, 0.05) is 5.57 Å². The zero-order valence-electron chi connectivity index (χ0n) is 11.1. The lowest BCUT2D eigenvalue weighted by Gasteiger charge is -2.22. The van der Waals surface area contributed by atoms with Gasteiger partial charge in [-0.2, -0.15) is 0 Å². The third kappa shape index (κ3) is 7.23. The van der Waals surface area contributed by atoms with Crippen molar-refractivity contribution in [1.29, 1.82) is 0 Å². The van der Waals surface area contributed by atoms with E-state index in [1.54, 1.807) is 6.92 Å². The molecule has 1 atom stereocenters. The number of rotatable bonds is 6. The summed E-state index contributed by atoms with van der Waals surface area (Å²) in [6.07, 6.45) is 0.454.